The Morgan fingerprint density at radius 1 is 1.06 bits per heavy atom. The molecule has 0 atom stereocenters. The molecule has 4 heterocycles. The molecule has 5 rings (SSSR count). The van der Waals surface area contributed by atoms with Crippen molar-refractivity contribution in [3.63, 3.8) is 0 Å². The van der Waals surface area contributed by atoms with Gasteiger partial charge in [0.15, 0.2) is 5.82 Å². The molecule has 1 aliphatic heterocycles. The van der Waals surface area contributed by atoms with E-state index in [0.717, 1.165) is 22.2 Å². The maximum Gasteiger partial charge on any atom is 0.410 e. The summed E-state index contributed by atoms with van der Waals surface area (Å²) in [6, 6.07) is 9.32. The molecule has 0 radical (unpaired) electrons. The molecule has 1 fully saturated rings. The lowest BCUT2D eigenvalue weighted by Gasteiger charge is -2.36. The second-order valence-corrected chi connectivity index (χ2v) is 10.3. The Balaban J connectivity index is 1.23. The lowest BCUT2D eigenvalue weighted by atomic mass is 10.1. The van der Waals surface area contributed by atoms with Crippen molar-refractivity contribution in [2.45, 2.75) is 26.4 Å². The third-order valence-corrected chi connectivity index (χ3v) is 6.42. The fourth-order valence-corrected chi connectivity index (χ4v) is 4.51. The van der Waals surface area contributed by atoms with Crippen molar-refractivity contribution in [2.75, 3.05) is 36.4 Å². The molecule has 0 aliphatic carbocycles. The van der Waals surface area contributed by atoms with Crippen molar-refractivity contribution in [3.05, 3.63) is 54.1 Å². The van der Waals surface area contributed by atoms with E-state index in [1.165, 1.54) is 11.3 Å². The van der Waals surface area contributed by atoms with Crippen molar-refractivity contribution in [1.82, 2.24) is 24.8 Å². The number of pyridine rings is 1. The van der Waals surface area contributed by atoms with Gasteiger partial charge in [-0.2, -0.15) is 0 Å². The van der Waals surface area contributed by atoms with Crippen LogP contribution in [0.15, 0.2) is 48.2 Å². The molecular weight excluding hydrogens is 481 g/mol. The van der Waals surface area contributed by atoms with Gasteiger partial charge in [-0.3, -0.25) is 0 Å². The van der Waals surface area contributed by atoms with Crippen LogP contribution in [0, 0.1) is 5.82 Å². The topological polar surface area (TPSA) is 96.4 Å². The van der Waals surface area contributed by atoms with E-state index in [1.54, 1.807) is 16.6 Å². The van der Waals surface area contributed by atoms with E-state index in [0.29, 0.717) is 37.4 Å². The molecule has 1 aliphatic rings. The van der Waals surface area contributed by atoms with Crippen LogP contribution in [0.3, 0.4) is 0 Å². The molecule has 11 heteroatoms. The lowest BCUT2D eigenvalue weighted by molar-refractivity contribution is 0.0240. The Labute approximate surface area is 212 Å². The number of anilines is 3. The lowest BCUT2D eigenvalue weighted by Crippen LogP contribution is -2.50. The highest BCUT2D eigenvalue weighted by Gasteiger charge is 2.26. The number of aromatic nitrogens is 4. The molecule has 4 aromatic rings. The minimum absolute atomic E-state index is 0.204. The zero-order chi connectivity index (χ0) is 25.3. The van der Waals surface area contributed by atoms with Crippen LogP contribution in [0.1, 0.15) is 20.8 Å². The van der Waals surface area contributed by atoms with Crippen molar-refractivity contribution < 1.29 is 13.9 Å². The fraction of sp³-hybridized carbons (Fsp3) is 0.320. The normalized spacial score (nSPS) is 14.2. The van der Waals surface area contributed by atoms with Gasteiger partial charge >= 0.3 is 6.09 Å². The average Bonchev–Trinajstić information content (AvgIpc) is 3.33. The maximum atomic E-state index is 14.5. The summed E-state index contributed by atoms with van der Waals surface area (Å²) in [5.74, 6) is 0.570. The van der Waals surface area contributed by atoms with Gasteiger partial charge in [0.05, 0.1) is 33.8 Å². The number of hydrogen-bond donors (Lipinski definition) is 1. The predicted molar refractivity (Wildman–Crippen MR) is 138 cm³/mol. The highest BCUT2D eigenvalue weighted by atomic mass is 32.1. The van der Waals surface area contributed by atoms with E-state index in [2.05, 4.69) is 30.2 Å². The summed E-state index contributed by atoms with van der Waals surface area (Å²) >= 11 is 1.53. The first-order chi connectivity index (χ1) is 17.2. The van der Waals surface area contributed by atoms with Gasteiger partial charge in [0.1, 0.15) is 17.1 Å². The van der Waals surface area contributed by atoms with Crippen molar-refractivity contribution in [2.24, 2.45) is 0 Å². The minimum atomic E-state index is -0.511. The van der Waals surface area contributed by atoms with Gasteiger partial charge in [-0.05, 0) is 45.0 Å². The molecule has 1 N–H and O–H groups in total. The van der Waals surface area contributed by atoms with Crippen LogP contribution >= 0.6 is 11.3 Å². The first kappa shape index (κ1) is 23.9. The van der Waals surface area contributed by atoms with Crippen LogP contribution in [0.4, 0.5) is 26.6 Å². The molecule has 1 saturated heterocycles. The third-order valence-electron chi connectivity index (χ3n) is 5.61. The van der Waals surface area contributed by atoms with Crippen molar-refractivity contribution in [1.29, 1.82) is 0 Å². The number of halogens is 1. The molecule has 186 valence electrons. The summed E-state index contributed by atoms with van der Waals surface area (Å²) in [7, 11) is 0. The van der Waals surface area contributed by atoms with Crippen molar-refractivity contribution in [3.8, 4) is 11.3 Å². The highest BCUT2D eigenvalue weighted by molar-refractivity contribution is 7.16. The Morgan fingerprint density at radius 3 is 2.58 bits per heavy atom. The number of benzene rings is 1. The van der Waals surface area contributed by atoms with Crippen LogP contribution in [0.25, 0.3) is 21.5 Å². The van der Waals surface area contributed by atoms with Crippen LogP contribution in [0.2, 0.25) is 0 Å². The average molecular weight is 508 g/mol. The highest BCUT2D eigenvalue weighted by Crippen LogP contribution is 2.27. The number of carbonyl (C=O) groups is 1. The molecule has 0 spiro atoms. The van der Waals surface area contributed by atoms with E-state index in [1.807, 2.05) is 51.1 Å². The second-order valence-electron chi connectivity index (χ2n) is 9.41. The number of amides is 1. The molecule has 9 nitrogen and oxygen atoms in total. The zero-order valence-electron chi connectivity index (χ0n) is 20.2. The standard InChI is InChI=1S/C25H26FN7O2S/c1-25(2,3)35-24(34)33-10-8-32(9-11-33)21-7-5-17(13-27-21)30-23-28-14-18(26)22(31-23)16-4-6-20-19(12-16)29-15-36-20/h4-7,12-15H,8-11H2,1-3H3,(H,28,30,31). The minimum Gasteiger partial charge on any atom is -0.444 e. The van der Waals surface area contributed by atoms with Gasteiger partial charge in [0.25, 0.3) is 0 Å². The first-order valence-electron chi connectivity index (χ1n) is 11.6. The summed E-state index contributed by atoms with van der Waals surface area (Å²) in [6.07, 6.45) is 2.55. The number of fused-ring (bicyclic) bond motifs is 1. The second kappa shape index (κ2) is 9.65. The summed E-state index contributed by atoms with van der Waals surface area (Å²) < 4.78 is 21.0. The van der Waals surface area contributed by atoms with Gasteiger partial charge in [-0.25, -0.2) is 29.1 Å². The summed E-state index contributed by atoms with van der Waals surface area (Å²) in [5.41, 5.74) is 3.57. The summed E-state index contributed by atoms with van der Waals surface area (Å²) in [6.45, 7) is 8.03. The number of nitrogens with one attached hydrogen (secondary N) is 1. The predicted octanol–water partition coefficient (Wildman–Crippen LogP) is 5.09. The number of carbonyl (C=O) groups excluding carboxylic acids is 1. The van der Waals surface area contributed by atoms with Gasteiger partial charge in [0.2, 0.25) is 5.95 Å². The van der Waals surface area contributed by atoms with E-state index in [4.69, 9.17) is 4.74 Å². The molecule has 0 saturated carbocycles. The molecule has 0 bridgehead atoms. The molecule has 1 amide bonds. The van der Waals surface area contributed by atoms with E-state index in [9.17, 15) is 9.18 Å². The summed E-state index contributed by atoms with van der Waals surface area (Å²) in [5, 5.41) is 3.09. The monoisotopic (exact) mass is 507 g/mol. The maximum absolute atomic E-state index is 14.5. The van der Waals surface area contributed by atoms with Gasteiger partial charge in [-0.1, -0.05) is 6.07 Å². The fourth-order valence-electron chi connectivity index (χ4n) is 3.86. The number of piperazine rings is 1. The van der Waals surface area contributed by atoms with Crippen LogP contribution in [0.5, 0.6) is 0 Å². The first-order valence-corrected chi connectivity index (χ1v) is 12.5. The van der Waals surface area contributed by atoms with E-state index >= 15 is 0 Å². The van der Waals surface area contributed by atoms with Crippen LogP contribution in [-0.2, 0) is 4.74 Å². The largest absolute Gasteiger partial charge is 0.444 e. The summed E-state index contributed by atoms with van der Waals surface area (Å²) in [4.78, 5) is 33.4. The van der Waals surface area contributed by atoms with Gasteiger partial charge in [-0.15, -0.1) is 11.3 Å². The Morgan fingerprint density at radius 2 is 1.86 bits per heavy atom. The van der Waals surface area contributed by atoms with E-state index < -0.39 is 11.4 Å². The number of nitrogens with zero attached hydrogens (tertiary/aromatic N) is 6. The number of hydrogen-bond acceptors (Lipinski definition) is 9. The Kier molecular flexibility index (Phi) is 6.40. The molecule has 1 aromatic carbocycles. The Bertz CT molecular complexity index is 1380. The molecule has 0 unspecified atom stereocenters. The molecular formula is C25H26FN7O2S. The van der Waals surface area contributed by atoms with Gasteiger partial charge in [0, 0.05) is 31.7 Å². The smallest absolute Gasteiger partial charge is 0.410 e. The van der Waals surface area contributed by atoms with E-state index in [-0.39, 0.29) is 17.7 Å². The quantitative estimate of drug-likeness (QED) is 0.408. The van der Waals surface area contributed by atoms with Crippen LogP contribution < -0.4 is 10.2 Å². The number of ether oxygens (including phenoxy) is 1. The number of rotatable bonds is 4. The van der Waals surface area contributed by atoms with Gasteiger partial charge < -0.3 is 19.9 Å². The third kappa shape index (κ3) is 5.35. The number of thiazole rings is 1. The molecule has 36 heavy (non-hydrogen) atoms. The zero-order valence-corrected chi connectivity index (χ0v) is 21.0. The van der Waals surface area contributed by atoms with Crippen molar-refractivity contribution >= 4 is 45.1 Å². The SMILES string of the molecule is CC(C)(C)OC(=O)N1CCN(c2ccc(Nc3ncc(F)c(-c4ccc5scnc5c4)n3)cn2)CC1. The van der Waals surface area contributed by atoms with Crippen LogP contribution in [-0.4, -0.2) is 62.7 Å². The molecule has 3 aromatic heterocycles. The Hall–Kier alpha value is -3.86.